The van der Waals surface area contributed by atoms with Crippen molar-refractivity contribution in [1.29, 1.82) is 0 Å². The molecule has 0 saturated carbocycles. The molecule has 4 rings (SSSR count). The van der Waals surface area contributed by atoms with Gasteiger partial charge in [-0.1, -0.05) is 62.4 Å². The maximum Gasteiger partial charge on any atom is 0.416 e. The normalized spacial score (nSPS) is 12.2. The van der Waals surface area contributed by atoms with Crippen LogP contribution >= 0.6 is 0 Å². The van der Waals surface area contributed by atoms with E-state index in [2.05, 4.69) is 18.7 Å². The number of amides is 1. The van der Waals surface area contributed by atoms with Crippen LogP contribution < -0.4 is 4.90 Å². The Morgan fingerprint density at radius 2 is 1.34 bits per heavy atom. The molecule has 4 aromatic carbocycles. The van der Waals surface area contributed by atoms with Crippen LogP contribution in [0.3, 0.4) is 0 Å². The lowest BCUT2D eigenvalue weighted by molar-refractivity contribution is -0.137. The van der Waals surface area contributed by atoms with Gasteiger partial charge < -0.3 is 14.7 Å². The zero-order chi connectivity index (χ0) is 36.4. The van der Waals surface area contributed by atoms with Crippen molar-refractivity contribution in [2.45, 2.75) is 59.3 Å². The molecule has 0 N–H and O–H groups in total. The number of rotatable bonds is 16. The molecule has 0 saturated heterocycles. The molecule has 50 heavy (non-hydrogen) atoms. The number of anilines is 1. The molecule has 4 aromatic rings. The summed E-state index contributed by atoms with van der Waals surface area (Å²) in [4.78, 5) is 32.8. The van der Waals surface area contributed by atoms with E-state index < -0.39 is 23.4 Å². The molecule has 0 spiro atoms. The fourth-order valence-corrected chi connectivity index (χ4v) is 6.00. The lowest BCUT2D eigenvalue weighted by Crippen LogP contribution is -2.46. The van der Waals surface area contributed by atoms with E-state index in [1.165, 1.54) is 31.2 Å². The average molecular weight is 694 g/mol. The topological polar surface area (TPSA) is 43.9 Å². The van der Waals surface area contributed by atoms with Crippen LogP contribution in [0.5, 0.6) is 0 Å². The number of hydrogen-bond donors (Lipinski definition) is 0. The first-order valence-electron chi connectivity index (χ1n) is 16.9. The highest BCUT2D eigenvalue weighted by atomic mass is 19.4. The highest BCUT2D eigenvalue weighted by Gasteiger charge is 2.30. The number of ketones is 1. The number of halogens is 5. The fraction of sp³-hybridized carbons (Fsp3) is 0.350. The molecule has 0 aliphatic carbocycles. The lowest BCUT2D eigenvalue weighted by atomic mass is 10.0. The van der Waals surface area contributed by atoms with E-state index >= 15 is 0 Å². The quantitative estimate of drug-likeness (QED) is 0.0868. The monoisotopic (exact) mass is 693 g/mol. The van der Waals surface area contributed by atoms with Crippen LogP contribution in [0.15, 0.2) is 91.0 Å². The molecule has 1 unspecified atom stereocenters. The van der Waals surface area contributed by atoms with Gasteiger partial charge in [0.1, 0.15) is 11.6 Å². The lowest BCUT2D eigenvalue weighted by Gasteiger charge is -2.35. The van der Waals surface area contributed by atoms with Crippen LogP contribution in [0.4, 0.5) is 27.6 Å². The second-order valence-corrected chi connectivity index (χ2v) is 12.5. The predicted octanol–water partition coefficient (Wildman–Crippen LogP) is 9.05. The third kappa shape index (κ3) is 10.5. The van der Waals surface area contributed by atoms with Gasteiger partial charge in [-0.15, -0.1) is 0 Å². The summed E-state index contributed by atoms with van der Waals surface area (Å²) in [6, 6.07) is 22.7. The number of aryl methyl sites for hydroxylation is 1. The first-order chi connectivity index (χ1) is 23.8. The summed E-state index contributed by atoms with van der Waals surface area (Å²) in [5, 5.41) is 0. The van der Waals surface area contributed by atoms with Crippen molar-refractivity contribution in [3.05, 3.63) is 125 Å². The first-order valence-corrected chi connectivity index (χ1v) is 16.9. The molecule has 0 bridgehead atoms. The Morgan fingerprint density at radius 3 is 1.90 bits per heavy atom. The van der Waals surface area contributed by atoms with Crippen molar-refractivity contribution < 1.29 is 31.5 Å². The summed E-state index contributed by atoms with van der Waals surface area (Å²) in [6.45, 7) is 10.5. The predicted molar refractivity (Wildman–Crippen MR) is 188 cm³/mol. The van der Waals surface area contributed by atoms with Crippen molar-refractivity contribution in [1.82, 2.24) is 9.80 Å². The van der Waals surface area contributed by atoms with Crippen molar-refractivity contribution in [2.24, 2.45) is 0 Å². The minimum absolute atomic E-state index is 0.0368. The number of nitrogens with zero attached hydrogens (tertiary/aromatic N) is 3. The van der Waals surface area contributed by atoms with Crippen molar-refractivity contribution in [3.63, 3.8) is 0 Å². The number of likely N-dealkylation sites (N-methyl/N-ethyl adjacent to an activating group) is 1. The maximum absolute atomic E-state index is 14.3. The standard InChI is InChI=1S/C40H44F5N3O2/c1-5-46(6-2)21-22-47(26-30-13-15-32(16-14-30)33-17-19-34(20-18-33)40(43,44)45)39(50)27-48(38-10-8-7-9-37(38)29(4)49)28(3)11-12-31-23-35(41)25-36(42)24-31/h7-10,13-20,23-25,28H,5-6,11-12,21-22,26-27H2,1-4H3. The van der Waals surface area contributed by atoms with E-state index in [1.807, 2.05) is 48.2 Å². The Labute approximate surface area is 291 Å². The van der Waals surface area contributed by atoms with Crippen LogP contribution in [-0.4, -0.2) is 60.3 Å². The molecule has 1 atom stereocenters. The molecule has 10 heteroatoms. The highest BCUT2D eigenvalue weighted by Crippen LogP contribution is 2.31. The van der Waals surface area contributed by atoms with Crippen LogP contribution in [0, 0.1) is 11.6 Å². The van der Waals surface area contributed by atoms with Crippen LogP contribution in [-0.2, 0) is 23.9 Å². The molecule has 0 fully saturated rings. The Hall–Kier alpha value is -4.57. The van der Waals surface area contributed by atoms with E-state index in [1.54, 1.807) is 17.0 Å². The summed E-state index contributed by atoms with van der Waals surface area (Å²) >= 11 is 0. The molecular formula is C40H44F5N3O2. The minimum atomic E-state index is -4.41. The van der Waals surface area contributed by atoms with Crippen LogP contribution in [0.2, 0.25) is 0 Å². The third-order valence-corrected chi connectivity index (χ3v) is 9.01. The van der Waals surface area contributed by atoms with Crippen LogP contribution in [0.1, 0.15) is 61.2 Å². The van der Waals surface area contributed by atoms with Gasteiger partial charge in [-0.05, 0) is 98.4 Å². The van der Waals surface area contributed by atoms with Gasteiger partial charge in [0, 0.05) is 43.0 Å². The molecule has 1 amide bonds. The largest absolute Gasteiger partial charge is 0.416 e. The smallest absolute Gasteiger partial charge is 0.359 e. The average Bonchev–Trinajstić information content (AvgIpc) is 3.09. The summed E-state index contributed by atoms with van der Waals surface area (Å²) in [5.41, 5.74) is 3.12. The van der Waals surface area contributed by atoms with Crippen molar-refractivity contribution in [3.8, 4) is 11.1 Å². The van der Waals surface area contributed by atoms with Crippen molar-refractivity contribution in [2.75, 3.05) is 37.6 Å². The first kappa shape index (κ1) is 38.2. The maximum atomic E-state index is 14.3. The van der Waals surface area contributed by atoms with E-state index in [9.17, 15) is 31.5 Å². The van der Waals surface area contributed by atoms with E-state index in [0.717, 1.165) is 42.4 Å². The molecule has 266 valence electrons. The van der Waals surface area contributed by atoms with Gasteiger partial charge >= 0.3 is 6.18 Å². The van der Waals surface area contributed by atoms with Crippen molar-refractivity contribution >= 4 is 17.4 Å². The molecule has 0 heterocycles. The third-order valence-electron chi connectivity index (χ3n) is 9.01. The second kappa shape index (κ2) is 17.4. The van der Waals surface area contributed by atoms with Crippen LogP contribution in [0.25, 0.3) is 11.1 Å². The SMILES string of the molecule is CCN(CC)CCN(Cc1ccc(-c2ccc(C(F)(F)F)cc2)cc1)C(=O)CN(c1ccccc1C(C)=O)C(C)CCc1cc(F)cc(F)c1. The number of hydrogen-bond acceptors (Lipinski definition) is 4. The highest BCUT2D eigenvalue weighted by molar-refractivity contribution is 6.00. The van der Waals surface area contributed by atoms with E-state index in [4.69, 9.17) is 0 Å². The Bertz CT molecular complexity index is 1700. The van der Waals surface area contributed by atoms with Gasteiger partial charge in [-0.25, -0.2) is 8.78 Å². The van der Waals surface area contributed by atoms with Gasteiger partial charge in [0.2, 0.25) is 5.91 Å². The van der Waals surface area contributed by atoms with Gasteiger partial charge in [0.15, 0.2) is 5.78 Å². The minimum Gasteiger partial charge on any atom is -0.359 e. The number of carbonyl (C=O) groups is 2. The number of Topliss-reactive ketones (excluding diaryl/α,β-unsaturated/α-hetero) is 1. The number of carbonyl (C=O) groups excluding carboxylic acids is 2. The molecule has 0 aliphatic heterocycles. The second-order valence-electron chi connectivity index (χ2n) is 12.5. The molecular weight excluding hydrogens is 649 g/mol. The summed E-state index contributed by atoms with van der Waals surface area (Å²) in [6.07, 6.45) is -3.58. The zero-order valence-electron chi connectivity index (χ0n) is 28.9. The molecule has 0 aromatic heterocycles. The molecule has 0 aliphatic rings. The Balaban J connectivity index is 1.59. The summed E-state index contributed by atoms with van der Waals surface area (Å²) in [7, 11) is 0. The Morgan fingerprint density at radius 1 is 0.760 bits per heavy atom. The number of benzene rings is 4. The summed E-state index contributed by atoms with van der Waals surface area (Å²) in [5.74, 6) is -1.62. The number of alkyl halides is 3. The fourth-order valence-electron chi connectivity index (χ4n) is 6.00. The molecule has 5 nitrogen and oxygen atoms in total. The Kier molecular flexibility index (Phi) is 13.3. The molecule has 0 radical (unpaired) electrons. The van der Waals surface area contributed by atoms with E-state index in [0.29, 0.717) is 54.9 Å². The number of para-hydroxylation sites is 1. The van der Waals surface area contributed by atoms with E-state index in [-0.39, 0.29) is 24.3 Å². The zero-order valence-corrected chi connectivity index (χ0v) is 28.9. The van der Waals surface area contributed by atoms with Gasteiger partial charge in [-0.3, -0.25) is 9.59 Å². The van der Waals surface area contributed by atoms with Gasteiger partial charge in [-0.2, -0.15) is 13.2 Å². The summed E-state index contributed by atoms with van der Waals surface area (Å²) < 4.78 is 67.0. The van der Waals surface area contributed by atoms with Gasteiger partial charge in [0.05, 0.1) is 12.1 Å². The van der Waals surface area contributed by atoms with Gasteiger partial charge in [0.25, 0.3) is 0 Å².